The van der Waals surface area contributed by atoms with Crippen molar-refractivity contribution in [2.45, 2.75) is 22.5 Å². The van der Waals surface area contributed by atoms with Crippen LogP contribution < -0.4 is 10.2 Å². The molecule has 5 nitrogen and oxygen atoms in total. The predicted molar refractivity (Wildman–Crippen MR) is 115 cm³/mol. The topological polar surface area (TPSA) is 66.5 Å². The van der Waals surface area contributed by atoms with Gasteiger partial charge in [-0.3, -0.25) is 19.3 Å². The number of alkyl halides is 2. The first-order valence-corrected chi connectivity index (χ1v) is 10.9. The van der Waals surface area contributed by atoms with E-state index in [2.05, 4.69) is 37.2 Å². The SMILES string of the molecule is O=C(Nc1ccccc1)c1cccc(N2C(=O)[C@H]3C[C@H](Br)[C@@H](Br)C[C@H]3C2=O)c1. The highest BCUT2D eigenvalue weighted by Crippen LogP contribution is 2.44. The van der Waals surface area contributed by atoms with Gasteiger partial charge >= 0.3 is 0 Å². The van der Waals surface area contributed by atoms with Crippen molar-refractivity contribution in [2.75, 3.05) is 10.2 Å². The number of nitrogens with one attached hydrogen (secondary N) is 1. The van der Waals surface area contributed by atoms with E-state index in [4.69, 9.17) is 0 Å². The maximum atomic E-state index is 12.9. The van der Waals surface area contributed by atoms with Gasteiger partial charge in [0.05, 0.1) is 17.5 Å². The first kappa shape index (κ1) is 19.3. The minimum atomic E-state index is -0.313. The lowest BCUT2D eigenvalue weighted by Crippen LogP contribution is -2.34. The molecule has 2 aliphatic rings. The van der Waals surface area contributed by atoms with Gasteiger partial charge in [0.15, 0.2) is 0 Å². The Morgan fingerprint density at radius 3 is 2.11 bits per heavy atom. The molecule has 144 valence electrons. The Bertz CT molecular complexity index is 906. The van der Waals surface area contributed by atoms with Crippen molar-refractivity contribution in [3.63, 3.8) is 0 Å². The number of amides is 3. The van der Waals surface area contributed by atoms with Crippen LogP contribution in [0, 0.1) is 11.8 Å². The third-order valence-corrected chi connectivity index (χ3v) is 8.04. The number of benzene rings is 2. The maximum Gasteiger partial charge on any atom is 0.255 e. The summed E-state index contributed by atoms with van der Waals surface area (Å²) in [6.07, 6.45) is 1.24. The third-order valence-electron chi connectivity index (χ3n) is 5.31. The van der Waals surface area contributed by atoms with Crippen molar-refractivity contribution >= 4 is 61.0 Å². The Labute approximate surface area is 179 Å². The van der Waals surface area contributed by atoms with Gasteiger partial charge < -0.3 is 5.32 Å². The summed E-state index contributed by atoms with van der Waals surface area (Å²) in [6, 6.07) is 15.8. The summed E-state index contributed by atoms with van der Waals surface area (Å²) in [7, 11) is 0. The number of para-hydroxylation sites is 1. The zero-order valence-corrected chi connectivity index (χ0v) is 18.0. The van der Waals surface area contributed by atoms with Crippen LogP contribution in [0.5, 0.6) is 0 Å². The molecular formula is C21H18Br2N2O3. The van der Waals surface area contributed by atoms with Crippen molar-refractivity contribution < 1.29 is 14.4 Å². The average Bonchev–Trinajstić information content (AvgIpc) is 2.93. The van der Waals surface area contributed by atoms with E-state index in [-0.39, 0.29) is 39.2 Å². The molecule has 1 saturated carbocycles. The average molecular weight is 506 g/mol. The highest BCUT2D eigenvalue weighted by molar-refractivity contribution is 9.12. The zero-order chi connectivity index (χ0) is 19.8. The van der Waals surface area contributed by atoms with E-state index < -0.39 is 0 Å². The summed E-state index contributed by atoms with van der Waals surface area (Å²) in [5.74, 6) is -1.27. The van der Waals surface area contributed by atoms with E-state index in [1.807, 2.05) is 18.2 Å². The second kappa shape index (κ2) is 7.79. The van der Waals surface area contributed by atoms with Crippen LogP contribution in [0.4, 0.5) is 11.4 Å². The van der Waals surface area contributed by atoms with Gasteiger partial charge in [0.2, 0.25) is 11.8 Å². The molecule has 2 aromatic rings. The van der Waals surface area contributed by atoms with Crippen molar-refractivity contribution in [2.24, 2.45) is 11.8 Å². The van der Waals surface area contributed by atoms with Gasteiger partial charge in [-0.1, -0.05) is 56.1 Å². The molecule has 3 amide bonds. The summed E-state index contributed by atoms with van der Waals surface area (Å²) >= 11 is 7.19. The number of carbonyl (C=O) groups excluding carboxylic acids is 3. The molecule has 1 heterocycles. The first-order chi connectivity index (χ1) is 13.5. The minimum Gasteiger partial charge on any atom is -0.322 e. The number of imide groups is 1. The van der Waals surface area contributed by atoms with Gasteiger partial charge in [-0.25, -0.2) is 0 Å². The highest BCUT2D eigenvalue weighted by atomic mass is 79.9. The summed E-state index contributed by atoms with van der Waals surface area (Å²) in [4.78, 5) is 40.0. The molecule has 2 aromatic carbocycles. The highest BCUT2D eigenvalue weighted by Gasteiger charge is 2.52. The number of hydrogen-bond acceptors (Lipinski definition) is 3. The maximum absolute atomic E-state index is 12.9. The molecule has 1 saturated heterocycles. The number of rotatable bonds is 3. The Morgan fingerprint density at radius 1 is 0.893 bits per heavy atom. The van der Waals surface area contributed by atoms with Gasteiger partial charge in [0.25, 0.3) is 5.91 Å². The number of carbonyl (C=O) groups is 3. The second-order valence-corrected chi connectivity index (χ2v) is 9.45. The summed E-state index contributed by atoms with van der Waals surface area (Å²) < 4.78 is 0. The van der Waals surface area contributed by atoms with E-state index in [1.165, 1.54) is 4.90 Å². The molecule has 7 heteroatoms. The van der Waals surface area contributed by atoms with E-state index in [1.54, 1.807) is 36.4 Å². The molecule has 1 N–H and O–H groups in total. The number of hydrogen-bond donors (Lipinski definition) is 1. The fourth-order valence-electron chi connectivity index (χ4n) is 3.86. The molecule has 0 radical (unpaired) electrons. The lowest BCUT2D eigenvalue weighted by molar-refractivity contribution is -0.122. The summed E-state index contributed by atoms with van der Waals surface area (Å²) in [6.45, 7) is 0. The van der Waals surface area contributed by atoms with Crippen molar-refractivity contribution in [1.82, 2.24) is 0 Å². The molecule has 0 bridgehead atoms. The normalized spacial score (nSPS) is 26.9. The Balaban J connectivity index is 1.58. The van der Waals surface area contributed by atoms with E-state index in [0.29, 0.717) is 29.8 Å². The molecular weight excluding hydrogens is 488 g/mol. The van der Waals surface area contributed by atoms with Crippen molar-refractivity contribution in [3.8, 4) is 0 Å². The Hall–Kier alpha value is -1.99. The van der Waals surface area contributed by atoms with Crippen molar-refractivity contribution in [1.29, 1.82) is 0 Å². The lowest BCUT2D eigenvalue weighted by Gasteiger charge is -2.29. The molecule has 1 aliphatic carbocycles. The van der Waals surface area contributed by atoms with Crippen LogP contribution in [0.2, 0.25) is 0 Å². The van der Waals surface area contributed by atoms with Crippen LogP contribution in [0.1, 0.15) is 23.2 Å². The Morgan fingerprint density at radius 2 is 1.50 bits per heavy atom. The number of halogens is 2. The zero-order valence-electron chi connectivity index (χ0n) is 14.8. The van der Waals surface area contributed by atoms with Gasteiger partial charge in [0.1, 0.15) is 0 Å². The van der Waals surface area contributed by atoms with Gasteiger partial charge in [-0.15, -0.1) is 0 Å². The molecule has 1 aliphatic heterocycles. The molecule has 4 atom stereocenters. The van der Waals surface area contributed by atoms with Crippen LogP contribution in [-0.4, -0.2) is 27.4 Å². The standard InChI is InChI=1S/C21H18Br2N2O3/c22-17-10-15-16(11-18(17)23)21(28)25(20(15)27)14-8-4-5-12(9-14)19(26)24-13-6-2-1-3-7-13/h1-9,15-18H,10-11H2,(H,24,26)/t15-,16+,17-,18-/m0/s1. The smallest absolute Gasteiger partial charge is 0.255 e. The molecule has 4 rings (SSSR count). The van der Waals surface area contributed by atoms with Gasteiger partial charge in [-0.2, -0.15) is 0 Å². The summed E-state index contributed by atoms with van der Waals surface area (Å²) in [5.41, 5.74) is 1.53. The lowest BCUT2D eigenvalue weighted by atomic mass is 9.81. The van der Waals surface area contributed by atoms with Crippen LogP contribution in [-0.2, 0) is 9.59 Å². The molecule has 0 spiro atoms. The van der Waals surface area contributed by atoms with Crippen molar-refractivity contribution in [3.05, 3.63) is 60.2 Å². The number of nitrogens with zero attached hydrogens (tertiary/aromatic N) is 1. The molecule has 28 heavy (non-hydrogen) atoms. The van der Waals surface area contributed by atoms with E-state index >= 15 is 0 Å². The fourth-order valence-corrected chi connectivity index (χ4v) is 5.10. The monoisotopic (exact) mass is 504 g/mol. The molecule has 0 unspecified atom stereocenters. The van der Waals surface area contributed by atoms with Crippen LogP contribution in [0.25, 0.3) is 0 Å². The number of anilines is 2. The largest absolute Gasteiger partial charge is 0.322 e. The second-order valence-electron chi connectivity index (χ2n) is 7.10. The number of fused-ring (bicyclic) bond motifs is 1. The molecule has 0 aromatic heterocycles. The first-order valence-electron chi connectivity index (χ1n) is 9.08. The van der Waals surface area contributed by atoms with Crippen LogP contribution in [0.3, 0.4) is 0 Å². The van der Waals surface area contributed by atoms with Gasteiger partial charge in [-0.05, 0) is 43.2 Å². The van der Waals surface area contributed by atoms with Crippen LogP contribution in [0.15, 0.2) is 54.6 Å². The predicted octanol–water partition coefficient (Wildman–Crippen LogP) is 4.37. The van der Waals surface area contributed by atoms with E-state index in [9.17, 15) is 14.4 Å². The Kier molecular flexibility index (Phi) is 5.38. The van der Waals surface area contributed by atoms with E-state index in [0.717, 1.165) is 0 Å². The molecule has 2 fully saturated rings. The minimum absolute atomic E-state index is 0.161. The third kappa shape index (κ3) is 3.53. The van der Waals surface area contributed by atoms with Crippen LogP contribution >= 0.6 is 31.9 Å². The summed E-state index contributed by atoms with van der Waals surface area (Å²) in [5, 5.41) is 2.82. The fraction of sp³-hybridized carbons (Fsp3) is 0.286. The quantitative estimate of drug-likeness (QED) is 0.497. The van der Waals surface area contributed by atoms with Gasteiger partial charge in [0, 0.05) is 20.9 Å².